The molecule has 0 unspecified atom stereocenters. The molecule has 0 radical (unpaired) electrons. The van der Waals surface area contributed by atoms with Gasteiger partial charge in [0.25, 0.3) is 5.91 Å². The first-order valence-electron chi connectivity index (χ1n) is 9.50. The van der Waals surface area contributed by atoms with Crippen molar-refractivity contribution >= 4 is 17.7 Å². The molecule has 0 bridgehead atoms. The summed E-state index contributed by atoms with van der Waals surface area (Å²) < 4.78 is 5.41. The average Bonchev–Trinajstić information content (AvgIpc) is 3.16. The van der Waals surface area contributed by atoms with Crippen LogP contribution in [-0.2, 0) is 16.1 Å². The van der Waals surface area contributed by atoms with Gasteiger partial charge in [-0.2, -0.15) is 0 Å². The van der Waals surface area contributed by atoms with Crippen molar-refractivity contribution in [2.45, 2.75) is 51.7 Å². The Labute approximate surface area is 159 Å². The summed E-state index contributed by atoms with van der Waals surface area (Å²) in [5.41, 5.74) is 1.24. The van der Waals surface area contributed by atoms with Crippen molar-refractivity contribution in [3.63, 3.8) is 0 Å². The third-order valence-corrected chi connectivity index (χ3v) is 5.39. The highest BCUT2D eigenvalue weighted by molar-refractivity contribution is 5.96. The average molecular weight is 373 g/mol. The summed E-state index contributed by atoms with van der Waals surface area (Å²) in [5, 5.41) is 2.94. The van der Waals surface area contributed by atoms with Crippen molar-refractivity contribution in [1.29, 1.82) is 0 Å². The van der Waals surface area contributed by atoms with Crippen LogP contribution in [-0.4, -0.2) is 59.8 Å². The van der Waals surface area contributed by atoms with E-state index in [1.807, 2.05) is 13.8 Å². The maximum Gasteiger partial charge on any atom is 0.251 e. The fourth-order valence-electron chi connectivity index (χ4n) is 3.66. The van der Waals surface area contributed by atoms with E-state index in [4.69, 9.17) is 4.74 Å². The molecule has 1 aromatic carbocycles. The van der Waals surface area contributed by atoms with E-state index >= 15 is 0 Å². The molecule has 2 atom stereocenters. The summed E-state index contributed by atoms with van der Waals surface area (Å²) in [6, 6.07) is 4.93. The number of hydrogen-bond donors (Lipinski definition) is 1. The molecule has 146 valence electrons. The number of rotatable bonds is 6. The standard InChI is InChI=1S/C20H27N3O4/c1-4-13(2)21-19(25)14-7-8-17(27-3)15(10-14)11-22-12-18(24)23-9-5-6-16(23)20(22)26/h7-8,10,13,16H,4-6,9,11-12H2,1-3H3,(H,21,25)/t13-,16+/m1/s1. The topological polar surface area (TPSA) is 79.0 Å². The summed E-state index contributed by atoms with van der Waals surface area (Å²) in [7, 11) is 1.56. The van der Waals surface area contributed by atoms with Crippen LogP contribution in [0.2, 0.25) is 0 Å². The number of nitrogens with zero attached hydrogens (tertiary/aromatic N) is 2. The van der Waals surface area contributed by atoms with Gasteiger partial charge in [0.2, 0.25) is 11.8 Å². The summed E-state index contributed by atoms with van der Waals surface area (Å²) in [4.78, 5) is 40.8. The van der Waals surface area contributed by atoms with E-state index in [9.17, 15) is 14.4 Å². The van der Waals surface area contributed by atoms with Crippen LogP contribution in [0.1, 0.15) is 49.0 Å². The minimum absolute atomic E-state index is 0.0123. The van der Waals surface area contributed by atoms with Crippen molar-refractivity contribution < 1.29 is 19.1 Å². The number of methoxy groups -OCH3 is 1. The number of carbonyl (C=O) groups is 3. The molecular weight excluding hydrogens is 346 g/mol. The molecule has 3 rings (SSSR count). The highest BCUT2D eigenvalue weighted by Gasteiger charge is 2.41. The Balaban J connectivity index is 1.80. The quantitative estimate of drug-likeness (QED) is 0.821. The highest BCUT2D eigenvalue weighted by atomic mass is 16.5. The van der Waals surface area contributed by atoms with Gasteiger partial charge in [0.05, 0.1) is 7.11 Å². The van der Waals surface area contributed by atoms with E-state index in [2.05, 4.69) is 5.32 Å². The third-order valence-electron chi connectivity index (χ3n) is 5.39. The Morgan fingerprint density at radius 1 is 1.37 bits per heavy atom. The van der Waals surface area contributed by atoms with Crippen LogP contribution in [0, 0.1) is 0 Å². The number of piperazine rings is 1. The number of fused-ring (bicyclic) bond motifs is 1. The van der Waals surface area contributed by atoms with Crippen molar-refractivity contribution in [3.05, 3.63) is 29.3 Å². The second-order valence-corrected chi connectivity index (χ2v) is 7.25. The van der Waals surface area contributed by atoms with E-state index in [-0.39, 0.29) is 42.9 Å². The predicted octanol–water partition coefficient (Wildman–Crippen LogP) is 1.56. The zero-order valence-electron chi connectivity index (χ0n) is 16.2. The highest BCUT2D eigenvalue weighted by Crippen LogP contribution is 2.27. The second kappa shape index (κ2) is 7.98. The van der Waals surface area contributed by atoms with Gasteiger partial charge in [-0.1, -0.05) is 6.92 Å². The lowest BCUT2D eigenvalue weighted by atomic mass is 10.1. The molecular formula is C20H27N3O4. The SMILES string of the molecule is CC[C@@H](C)NC(=O)c1ccc(OC)c(CN2CC(=O)N3CCC[C@H]3C2=O)c1. The van der Waals surface area contributed by atoms with Crippen molar-refractivity contribution in [3.8, 4) is 5.75 Å². The zero-order chi connectivity index (χ0) is 19.6. The Morgan fingerprint density at radius 2 is 2.15 bits per heavy atom. The number of hydrogen-bond acceptors (Lipinski definition) is 4. The summed E-state index contributed by atoms with van der Waals surface area (Å²) >= 11 is 0. The lowest BCUT2D eigenvalue weighted by Crippen LogP contribution is -2.56. The summed E-state index contributed by atoms with van der Waals surface area (Å²) in [6.45, 7) is 4.95. The lowest BCUT2D eigenvalue weighted by Gasteiger charge is -2.36. The van der Waals surface area contributed by atoms with Crippen LogP contribution in [0.3, 0.4) is 0 Å². The van der Waals surface area contributed by atoms with E-state index < -0.39 is 0 Å². The van der Waals surface area contributed by atoms with E-state index in [0.717, 1.165) is 24.8 Å². The Morgan fingerprint density at radius 3 is 2.85 bits per heavy atom. The maximum absolute atomic E-state index is 12.8. The molecule has 1 aromatic rings. The number of amides is 3. The Bertz CT molecular complexity index is 749. The Hall–Kier alpha value is -2.57. The minimum Gasteiger partial charge on any atom is -0.496 e. The first kappa shape index (κ1) is 19.2. The second-order valence-electron chi connectivity index (χ2n) is 7.25. The van der Waals surface area contributed by atoms with Crippen LogP contribution in [0.5, 0.6) is 5.75 Å². The van der Waals surface area contributed by atoms with Gasteiger partial charge in [-0.05, 0) is 44.4 Å². The molecule has 1 N–H and O–H groups in total. The lowest BCUT2D eigenvalue weighted by molar-refractivity contribution is -0.154. The third kappa shape index (κ3) is 3.91. The van der Waals surface area contributed by atoms with E-state index in [1.54, 1.807) is 35.1 Å². The van der Waals surface area contributed by atoms with Crippen LogP contribution in [0.4, 0.5) is 0 Å². The normalized spacial score (nSPS) is 20.5. The summed E-state index contributed by atoms with van der Waals surface area (Å²) in [6.07, 6.45) is 2.43. The molecule has 2 heterocycles. The van der Waals surface area contributed by atoms with Gasteiger partial charge in [-0.3, -0.25) is 14.4 Å². The Kier molecular flexibility index (Phi) is 5.68. The van der Waals surface area contributed by atoms with Gasteiger partial charge in [0.15, 0.2) is 0 Å². The molecule has 0 saturated carbocycles. The molecule has 2 aliphatic heterocycles. The number of ether oxygens (including phenoxy) is 1. The van der Waals surface area contributed by atoms with E-state index in [0.29, 0.717) is 17.9 Å². The molecule has 7 heteroatoms. The fraction of sp³-hybridized carbons (Fsp3) is 0.550. The minimum atomic E-state index is -0.339. The largest absolute Gasteiger partial charge is 0.496 e. The van der Waals surface area contributed by atoms with Gasteiger partial charge >= 0.3 is 0 Å². The molecule has 7 nitrogen and oxygen atoms in total. The molecule has 27 heavy (non-hydrogen) atoms. The van der Waals surface area contributed by atoms with Crippen LogP contribution >= 0.6 is 0 Å². The van der Waals surface area contributed by atoms with Gasteiger partial charge in [0, 0.05) is 30.3 Å². The number of carbonyl (C=O) groups excluding carboxylic acids is 3. The van der Waals surface area contributed by atoms with Gasteiger partial charge < -0.3 is 19.9 Å². The fourth-order valence-corrected chi connectivity index (χ4v) is 3.66. The van der Waals surface area contributed by atoms with Crippen molar-refractivity contribution in [2.75, 3.05) is 20.2 Å². The van der Waals surface area contributed by atoms with Gasteiger partial charge in [-0.15, -0.1) is 0 Å². The smallest absolute Gasteiger partial charge is 0.251 e. The zero-order valence-corrected chi connectivity index (χ0v) is 16.2. The van der Waals surface area contributed by atoms with Crippen LogP contribution in [0.15, 0.2) is 18.2 Å². The summed E-state index contributed by atoms with van der Waals surface area (Å²) in [5.74, 6) is 0.408. The molecule has 0 aromatic heterocycles. The predicted molar refractivity (Wildman–Crippen MR) is 100 cm³/mol. The van der Waals surface area contributed by atoms with Gasteiger partial charge in [-0.25, -0.2) is 0 Å². The van der Waals surface area contributed by atoms with E-state index in [1.165, 1.54) is 0 Å². The molecule has 2 aliphatic rings. The van der Waals surface area contributed by atoms with Crippen molar-refractivity contribution in [2.24, 2.45) is 0 Å². The first-order valence-corrected chi connectivity index (χ1v) is 9.50. The van der Waals surface area contributed by atoms with Crippen LogP contribution < -0.4 is 10.1 Å². The van der Waals surface area contributed by atoms with Gasteiger partial charge in [0.1, 0.15) is 18.3 Å². The number of nitrogens with one attached hydrogen (secondary N) is 1. The monoisotopic (exact) mass is 373 g/mol. The van der Waals surface area contributed by atoms with Crippen LogP contribution in [0.25, 0.3) is 0 Å². The maximum atomic E-state index is 12.8. The first-order chi connectivity index (χ1) is 12.9. The molecule has 3 amide bonds. The van der Waals surface area contributed by atoms with Crippen molar-refractivity contribution in [1.82, 2.24) is 15.1 Å². The molecule has 2 saturated heterocycles. The number of benzene rings is 1. The molecule has 0 spiro atoms. The molecule has 0 aliphatic carbocycles. The molecule has 2 fully saturated rings.